The Morgan fingerprint density at radius 2 is 1.71 bits per heavy atom. The van der Waals surface area contributed by atoms with Crippen LogP contribution in [0.2, 0.25) is 10.0 Å². The predicted octanol–water partition coefficient (Wildman–Crippen LogP) is 6.81. The maximum atomic E-state index is 13.2. The quantitative estimate of drug-likeness (QED) is 0.490. The molecule has 4 nitrogen and oxygen atoms in total. The Morgan fingerprint density at radius 3 is 2.37 bits per heavy atom. The van der Waals surface area contributed by atoms with E-state index in [0.29, 0.717) is 15.6 Å². The van der Waals surface area contributed by atoms with E-state index in [2.05, 4.69) is 37.4 Å². The van der Waals surface area contributed by atoms with Crippen LogP contribution in [-0.4, -0.2) is 35.8 Å². The summed E-state index contributed by atoms with van der Waals surface area (Å²) < 4.78 is 0. The lowest BCUT2D eigenvalue weighted by Gasteiger charge is -2.46. The van der Waals surface area contributed by atoms with Gasteiger partial charge in [-0.3, -0.25) is 9.59 Å². The number of fused-ring (bicyclic) bond motifs is 1. The second-order valence-electron chi connectivity index (χ2n) is 10.9. The molecule has 2 saturated heterocycles. The number of rotatable bonds is 3. The van der Waals surface area contributed by atoms with Crippen LogP contribution in [0.3, 0.4) is 0 Å². The molecular weight excluding hydrogens is 479 g/mol. The van der Waals surface area contributed by atoms with Crippen LogP contribution in [0.4, 0.5) is 0 Å². The number of amides is 2. The van der Waals surface area contributed by atoms with Crippen molar-refractivity contribution in [3.05, 3.63) is 69.2 Å². The zero-order valence-corrected chi connectivity index (χ0v) is 22.0. The summed E-state index contributed by atoms with van der Waals surface area (Å²) in [5, 5.41) is 4.56. The van der Waals surface area contributed by atoms with Gasteiger partial charge in [-0.2, -0.15) is 0 Å². The van der Waals surface area contributed by atoms with Crippen molar-refractivity contribution in [2.75, 3.05) is 13.1 Å². The van der Waals surface area contributed by atoms with Gasteiger partial charge in [0.15, 0.2) is 0 Å². The molecule has 1 saturated carbocycles. The van der Waals surface area contributed by atoms with E-state index in [1.165, 1.54) is 18.4 Å². The van der Waals surface area contributed by atoms with Gasteiger partial charge in [-0.25, -0.2) is 0 Å². The van der Waals surface area contributed by atoms with Crippen LogP contribution in [-0.2, 0) is 4.79 Å². The lowest BCUT2D eigenvalue weighted by atomic mass is 9.56. The van der Waals surface area contributed by atoms with Gasteiger partial charge in [0.1, 0.15) is 0 Å². The molecule has 3 fully saturated rings. The van der Waals surface area contributed by atoms with E-state index < -0.39 is 5.41 Å². The van der Waals surface area contributed by atoms with E-state index in [0.717, 1.165) is 44.3 Å². The van der Waals surface area contributed by atoms with E-state index in [1.54, 1.807) is 0 Å². The van der Waals surface area contributed by atoms with Gasteiger partial charge in [0.25, 0.3) is 5.91 Å². The van der Waals surface area contributed by atoms with E-state index in [9.17, 15) is 9.59 Å². The van der Waals surface area contributed by atoms with Gasteiger partial charge in [0.05, 0.1) is 5.41 Å². The Bertz CT molecular complexity index is 1110. The maximum absolute atomic E-state index is 13.2. The lowest BCUT2D eigenvalue weighted by molar-refractivity contribution is -0.129. The molecule has 0 unspecified atom stereocenters. The second kappa shape index (κ2) is 9.78. The molecule has 5 atom stereocenters. The van der Waals surface area contributed by atoms with Gasteiger partial charge in [0, 0.05) is 40.7 Å². The van der Waals surface area contributed by atoms with Crippen molar-refractivity contribution in [1.82, 2.24) is 10.2 Å². The minimum Gasteiger partial charge on any atom is -0.353 e. The third-order valence-electron chi connectivity index (χ3n) is 8.74. The molecule has 2 aromatic carbocycles. The molecule has 0 aromatic heterocycles. The molecule has 5 rings (SSSR count). The highest BCUT2D eigenvalue weighted by molar-refractivity contribution is 6.32. The number of likely N-dealkylation sites (tertiary alicyclic amines) is 1. The Balaban J connectivity index is 1.50. The summed E-state index contributed by atoms with van der Waals surface area (Å²) >= 11 is 13.1. The third kappa shape index (κ3) is 4.49. The molecule has 0 radical (unpaired) electrons. The zero-order chi connectivity index (χ0) is 24.7. The Morgan fingerprint density at radius 1 is 1.03 bits per heavy atom. The fraction of sp³-hybridized carbons (Fsp3) is 0.517. The van der Waals surface area contributed by atoms with Gasteiger partial charge >= 0.3 is 0 Å². The van der Waals surface area contributed by atoms with Crippen LogP contribution >= 0.6 is 23.2 Å². The third-order valence-corrected chi connectivity index (χ3v) is 9.32. The molecule has 35 heavy (non-hydrogen) atoms. The number of nitrogens with one attached hydrogen (secondary N) is 1. The summed E-state index contributed by atoms with van der Waals surface area (Å²) in [6.07, 6.45) is 6.17. The zero-order valence-electron chi connectivity index (χ0n) is 20.5. The summed E-state index contributed by atoms with van der Waals surface area (Å²) in [5.41, 5.74) is 2.50. The maximum Gasteiger partial charge on any atom is 0.253 e. The highest BCUT2D eigenvalue weighted by Crippen LogP contribution is 2.59. The fourth-order valence-electron chi connectivity index (χ4n) is 6.93. The first-order chi connectivity index (χ1) is 16.8. The first-order valence-electron chi connectivity index (χ1n) is 12.9. The molecule has 1 aliphatic carbocycles. The van der Waals surface area contributed by atoms with E-state index >= 15 is 0 Å². The summed E-state index contributed by atoms with van der Waals surface area (Å²) in [5.74, 6) is 0.634. The number of benzene rings is 2. The average Bonchev–Trinajstić information content (AvgIpc) is 3.02. The standard InChI is InChI=1S/C29H34Cl2N2O2/c1-18-26-25(19-7-10-21(30)11-8-19)23(13-14-29(26,2)28(35)32-18)22-12-9-20(17-24(22)31)27(34)33-15-5-3-4-6-16-33/h7-12,17-18,23,25-26H,3-6,13-16H2,1-2H3,(H,32,35)/t18-,23+,25+,26+,29-/m1/s1. The molecule has 2 aromatic rings. The Labute approximate surface area is 218 Å². The summed E-state index contributed by atoms with van der Waals surface area (Å²) in [4.78, 5) is 28.1. The normalized spacial score (nSPS) is 31.0. The van der Waals surface area contributed by atoms with Crippen molar-refractivity contribution in [3.8, 4) is 0 Å². The summed E-state index contributed by atoms with van der Waals surface area (Å²) in [7, 11) is 0. The molecule has 2 amide bonds. The van der Waals surface area contributed by atoms with Gasteiger partial charge in [0.2, 0.25) is 5.91 Å². The lowest BCUT2D eigenvalue weighted by Crippen LogP contribution is -2.42. The number of hydrogen-bond acceptors (Lipinski definition) is 2. The smallest absolute Gasteiger partial charge is 0.253 e. The van der Waals surface area contributed by atoms with Gasteiger partial charge in [-0.15, -0.1) is 0 Å². The largest absolute Gasteiger partial charge is 0.353 e. The van der Waals surface area contributed by atoms with E-state index in [1.807, 2.05) is 29.2 Å². The first-order valence-corrected chi connectivity index (χ1v) is 13.7. The second-order valence-corrected chi connectivity index (χ2v) is 11.7. The summed E-state index contributed by atoms with van der Waals surface area (Å²) in [6.45, 7) is 5.86. The minimum atomic E-state index is -0.407. The average molecular weight is 514 g/mol. The molecule has 186 valence electrons. The highest BCUT2D eigenvalue weighted by atomic mass is 35.5. The Hall–Kier alpha value is -2.04. The molecule has 1 N–H and O–H groups in total. The topological polar surface area (TPSA) is 49.4 Å². The molecule has 2 heterocycles. The van der Waals surface area contributed by atoms with Crippen LogP contribution in [0.1, 0.15) is 85.7 Å². The van der Waals surface area contributed by atoms with Gasteiger partial charge < -0.3 is 10.2 Å². The number of nitrogens with zero attached hydrogens (tertiary/aromatic N) is 1. The highest BCUT2D eigenvalue weighted by Gasteiger charge is 2.57. The molecular formula is C29H34Cl2N2O2. The van der Waals surface area contributed by atoms with Gasteiger partial charge in [-0.1, -0.05) is 61.2 Å². The van der Waals surface area contributed by atoms with Crippen molar-refractivity contribution in [2.45, 2.75) is 70.3 Å². The van der Waals surface area contributed by atoms with Crippen LogP contribution in [0, 0.1) is 11.3 Å². The van der Waals surface area contributed by atoms with Crippen molar-refractivity contribution < 1.29 is 9.59 Å². The van der Waals surface area contributed by atoms with Crippen LogP contribution < -0.4 is 5.32 Å². The van der Waals surface area contributed by atoms with E-state index in [4.69, 9.17) is 23.2 Å². The molecule has 0 bridgehead atoms. The molecule has 2 aliphatic heterocycles. The minimum absolute atomic E-state index is 0.0682. The number of carbonyl (C=O) groups excluding carboxylic acids is 2. The fourth-order valence-corrected chi connectivity index (χ4v) is 7.37. The monoisotopic (exact) mass is 512 g/mol. The number of hydrogen-bond donors (Lipinski definition) is 1. The van der Waals surface area contributed by atoms with Crippen molar-refractivity contribution in [3.63, 3.8) is 0 Å². The number of carbonyl (C=O) groups is 2. The van der Waals surface area contributed by atoms with Crippen molar-refractivity contribution in [2.24, 2.45) is 11.3 Å². The van der Waals surface area contributed by atoms with Crippen LogP contribution in [0.25, 0.3) is 0 Å². The predicted molar refractivity (Wildman–Crippen MR) is 141 cm³/mol. The van der Waals surface area contributed by atoms with Crippen molar-refractivity contribution >= 4 is 35.0 Å². The molecule has 6 heteroatoms. The Kier molecular flexibility index (Phi) is 6.89. The van der Waals surface area contributed by atoms with E-state index in [-0.39, 0.29) is 35.6 Å². The SMILES string of the molecule is C[C@H]1NC(=O)[C@]2(C)CC[C@@H](c3ccc(C(=O)N4CCCCCC4)cc3Cl)[C@H](c3ccc(Cl)cc3)[C@H]12. The van der Waals surface area contributed by atoms with Crippen LogP contribution in [0.15, 0.2) is 42.5 Å². The van der Waals surface area contributed by atoms with Crippen LogP contribution in [0.5, 0.6) is 0 Å². The number of halogens is 2. The molecule has 0 spiro atoms. The molecule has 3 aliphatic rings. The van der Waals surface area contributed by atoms with Crippen molar-refractivity contribution in [1.29, 1.82) is 0 Å². The first kappa shape index (κ1) is 24.6. The summed E-state index contributed by atoms with van der Waals surface area (Å²) in [6, 6.07) is 14.0. The van der Waals surface area contributed by atoms with Gasteiger partial charge in [-0.05, 0) is 79.8 Å².